The number of hydrogen-bond acceptors (Lipinski definition) is 8. The fraction of sp³-hybridized carbons (Fsp3) is 0.0556. The predicted octanol–water partition coefficient (Wildman–Crippen LogP) is 3.01. The summed E-state index contributed by atoms with van der Waals surface area (Å²) >= 11 is 1.55. The zero-order valence-electron chi connectivity index (χ0n) is 14.4. The Morgan fingerprint density at radius 2 is 2.07 bits per heavy atom. The van der Waals surface area contributed by atoms with Gasteiger partial charge in [-0.1, -0.05) is 12.1 Å². The van der Waals surface area contributed by atoms with Gasteiger partial charge < -0.3 is 10.6 Å². The summed E-state index contributed by atoms with van der Waals surface area (Å²) in [6, 6.07) is 11.7. The zero-order chi connectivity index (χ0) is 18.9. The second kappa shape index (κ2) is 6.74. The lowest BCUT2D eigenvalue weighted by Crippen LogP contribution is -2.17. The largest absolute Gasteiger partial charge is 0.351 e. The van der Waals surface area contributed by atoms with Crippen LogP contribution in [0.15, 0.2) is 52.9 Å². The summed E-state index contributed by atoms with van der Waals surface area (Å²) in [5.74, 6) is 0.560. The highest BCUT2D eigenvalue weighted by atomic mass is 32.1. The first-order chi connectivity index (χ1) is 13.7. The molecule has 0 radical (unpaired) electrons. The van der Waals surface area contributed by atoms with Crippen molar-refractivity contribution in [2.75, 3.05) is 10.6 Å². The Kier molecular flexibility index (Phi) is 3.95. The average Bonchev–Trinajstić information content (AvgIpc) is 3.34. The molecule has 5 rings (SSSR count). The van der Waals surface area contributed by atoms with Gasteiger partial charge in [-0.25, -0.2) is 9.78 Å². The van der Waals surface area contributed by atoms with Crippen molar-refractivity contribution in [1.29, 1.82) is 0 Å². The van der Waals surface area contributed by atoms with Gasteiger partial charge in [0.25, 0.3) is 0 Å². The van der Waals surface area contributed by atoms with E-state index < -0.39 is 5.69 Å². The average molecular weight is 390 g/mol. The highest BCUT2D eigenvalue weighted by molar-refractivity contribution is 7.16. The number of H-pyrrole nitrogens is 2. The molecule has 28 heavy (non-hydrogen) atoms. The summed E-state index contributed by atoms with van der Waals surface area (Å²) < 4.78 is 1.05. The topological polar surface area (TPSA) is 124 Å². The van der Waals surface area contributed by atoms with Crippen molar-refractivity contribution in [3.05, 3.63) is 64.2 Å². The maximum atomic E-state index is 11.9. The Balaban J connectivity index is 1.35. The molecule has 0 saturated heterocycles. The van der Waals surface area contributed by atoms with Crippen molar-refractivity contribution in [2.24, 2.45) is 0 Å². The van der Waals surface area contributed by atoms with Crippen molar-refractivity contribution in [3.8, 4) is 0 Å². The van der Waals surface area contributed by atoms with Gasteiger partial charge >= 0.3 is 5.69 Å². The van der Waals surface area contributed by atoms with E-state index in [2.05, 4.69) is 40.8 Å². The number of benzene rings is 2. The highest BCUT2D eigenvalue weighted by Crippen LogP contribution is 2.23. The molecule has 0 amide bonds. The maximum absolute atomic E-state index is 11.9. The normalized spacial score (nSPS) is 11.1. The van der Waals surface area contributed by atoms with E-state index >= 15 is 0 Å². The van der Waals surface area contributed by atoms with Gasteiger partial charge in [-0.05, 0) is 29.8 Å². The molecule has 0 atom stereocenters. The van der Waals surface area contributed by atoms with Crippen molar-refractivity contribution in [1.82, 2.24) is 30.1 Å². The minimum Gasteiger partial charge on any atom is -0.350 e. The van der Waals surface area contributed by atoms with Crippen LogP contribution in [0, 0.1) is 0 Å². The molecule has 2 aromatic carbocycles. The quantitative estimate of drug-likeness (QED) is 0.364. The molecule has 138 valence electrons. The van der Waals surface area contributed by atoms with Crippen LogP contribution in [0.1, 0.15) is 5.56 Å². The SMILES string of the molecule is O=c1nc(NCc2ccc3cn[nH]c3c2)nc(Nc2ccc3ncsc3c2)[nH]1. The molecular weight excluding hydrogens is 376 g/mol. The molecule has 3 heterocycles. The van der Waals surface area contributed by atoms with E-state index in [9.17, 15) is 4.79 Å². The monoisotopic (exact) mass is 390 g/mol. The fourth-order valence-corrected chi connectivity index (χ4v) is 3.58. The molecule has 0 spiro atoms. The number of rotatable bonds is 5. The Morgan fingerprint density at radius 1 is 1.11 bits per heavy atom. The van der Waals surface area contributed by atoms with Gasteiger partial charge in [-0.2, -0.15) is 15.1 Å². The number of nitrogens with zero attached hydrogens (tertiary/aromatic N) is 4. The van der Waals surface area contributed by atoms with Crippen molar-refractivity contribution in [2.45, 2.75) is 6.54 Å². The van der Waals surface area contributed by atoms with Gasteiger partial charge in [-0.3, -0.25) is 10.1 Å². The van der Waals surface area contributed by atoms with Crippen LogP contribution in [-0.2, 0) is 6.54 Å². The molecule has 9 nitrogen and oxygen atoms in total. The van der Waals surface area contributed by atoms with Gasteiger partial charge in [0.15, 0.2) is 0 Å². The second-order valence-electron chi connectivity index (χ2n) is 6.13. The third kappa shape index (κ3) is 3.28. The van der Waals surface area contributed by atoms with E-state index in [0.29, 0.717) is 12.5 Å². The molecule has 0 saturated carbocycles. The highest BCUT2D eigenvalue weighted by Gasteiger charge is 2.06. The Hall–Kier alpha value is -3.79. The number of thiazole rings is 1. The van der Waals surface area contributed by atoms with Crippen molar-refractivity contribution in [3.63, 3.8) is 0 Å². The Labute approximate surface area is 161 Å². The molecule has 0 fully saturated rings. The van der Waals surface area contributed by atoms with Crippen LogP contribution in [0.5, 0.6) is 0 Å². The molecule has 0 aliphatic heterocycles. The smallest absolute Gasteiger partial charge is 0.350 e. The zero-order valence-corrected chi connectivity index (χ0v) is 15.2. The molecule has 4 N–H and O–H groups in total. The third-order valence-electron chi connectivity index (χ3n) is 4.20. The lowest BCUT2D eigenvalue weighted by molar-refractivity contribution is 0.967. The molecule has 3 aromatic heterocycles. The molecule has 10 heteroatoms. The van der Waals surface area contributed by atoms with Crippen LogP contribution >= 0.6 is 11.3 Å². The summed E-state index contributed by atoms with van der Waals surface area (Å²) in [5, 5.41) is 14.2. The minimum atomic E-state index is -0.483. The molecule has 0 bridgehead atoms. The first-order valence-corrected chi connectivity index (χ1v) is 9.35. The van der Waals surface area contributed by atoms with E-state index in [-0.39, 0.29) is 5.95 Å². The lowest BCUT2D eigenvalue weighted by Gasteiger charge is -2.08. The summed E-state index contributed by atoms with van der Waals surface area (Å²) in [6.07, 6.45) is 1.77. The van der Waals surface area contributed by atoms with Crippen LogP contribution in [0.3, 0.4) is 0 Å². The first kappa shape index (κ1) is 16.4. The van der Waals surface area contributed by atoms with Crippen molar-refractivity contribution >= 4 is 50.0 Å². The van der Waals surface area contributed by atoms with E-state index in [1.54, 1.807) is 23.0 Å². The van der Waals surface area contributed by atoms with Gasteiger partial charge in [-0.15, -0.1) is 11.3 Å². The predicted molar refractivity (Wildman–Crippen MR) is 109 cm³/mol. The summed E-state index contributed by atoms with van der Waals surface area (Å²) in [5.41, 5.74) is 5.02. The number of aromatic amines is 2. The van der Waals surface area contributed by atoms with Crippen molar-refractivity contribution < 1.29 is 0 Å². The van der Waals surface area contributed by atoms with Gasteiger partial charge in [0.1, 0.15) is 0 Å². The van der Waals surface area contributed by atoms with E-state index in [1.807, 2.05) is 36.4 Å². The lowest BCUT2D eigenvalue weighted by atomic mass is 10.2. The second-order valence-corrected chi connectivity index (χ2v) is 7.02. The van der Waals surface area contributed by atoms with Crippen LogP contribution in [0.2, 0.25) is 0 Å². The number of nitrogens with one attached hydrogen (secondary N) is 4. The van der Waals surface area contributed by atoms with E-state index in [0.717, 1.165) is 32.4 Å². The van der Waals surface area contributed by atoms with Crippen LogP contribution in [-0.4, -0.2) is 30.1 Å². The first-order valence-electron chi connectivity index (χ1n) is 8.47. The molecule has 0 aliphatic rings. The Morgan fingerprint density at radius 3 is 3.04 bits per heavy atom. The molecular formula is C18H14N8OS. The van der Waals surface area contributed by atoms with Gasteiger partial charge in [0.05, 0.1) is 27.4 Å². The number of aromatic nitrogens is 6. The summed E-state index contributed by atoms with van der Waals surface area (Å²) in [7, 11) is 0. The molecule has 0 aliphatic carbocycles. The molecule has 5 aromatic rings. The fourth-order valence-electron chi connectivity index (χ4n) is 2.87. The maximum Gasteiger partial charge on any atom is 0.351 e. The number of hydrogen-bond donors (Lipinski definition) is 4. The van der Waals surface area contributed by atoms with Gasteiger partial charge in [0, 0.05) is 17.6 Å². The van der Waals surface area contributed by atoms with Gasteiger partial charge in [0.2, 0.25) is 11.9 Å². The van der Waals surface area contributed by atoms with Crippen LogP contribution < -0.4 is 16.3 Å². The summed E-state index contributed by atoms with van der Waals surface area (Å²) in [6.45, 7) is 0.477. The number of fused-ring (bicyclic) bond motifs is 2. The third-order valence-corrected chi connectivity index (χ3v) is 4.99. The summed E-state index contributed by atoms with van der Waals surface area (Å²) in [4.78, 5) is 27.0. The van der Waals surface area contributed by atoms with E-state index in [4.69, 9.17) is 0 Å². The minimum absolute atomic E-state index is 0.245. The standard InChI is InChI=1S/C18H14N8OS/c27-18-24-16(19-7-10-1-2-11-8-21-26-14(11)5-10)23-17(25-18)22-12-3-4-13-15(6-12)28-9-20-13/h1-6,8-9H,7H2,(H,21,26)(H3,19,22,23,24,25,27). The Bertz CT molecular complexity index is 1340. The van der Waals surface area contributed by atoms with Crippen LogP contribution in [0.25, 0.3) is 21.1 Å². The van der Waals surface area contributed by atoms with Crippen LogP contribution in [0.4, 0.5) is 17.6 Å². The number of anilines is 3. The molecule has 0 unspecified atom stereocenters. The van der Waals surface area contributed by atoms with E-state index in [1.165, 1.54) is 0 Å².